The highest BCUT2D eigenvalue weighted by molar-refractivity contribution is 7.92. The van der Waals surface area contributed by atoms with Crippen molar-refractivity contribution < 1.29 is 27.1 Å². The molecule has 3 rings (SSSR count). The zero-order valence-electron chi connectivity index (χ0n) is 20.2. The Bertz CT molecular complexity index is 1300. The molecule has 0 aromatic heterocycles. The lowest BCUT2D eigenvalue weighted by Crippen LogP contribution is -2.50. The van der Waals surface area contributed by atoms with Gasteiger partial charge in [0.1, 0.15) is 24.2 Å². The van der Waals surface area contributed by atoms with Gasteiger partial charge in [-0.25, -0.2) is 12.8 Å². The first-order chi connectivity index (χ1) is 17.2. The first-order valence-corrected chi connectivity index (χ1v) is 12.6. The van der Waals surface area contributed by atoms with Crippen LogP contribution in [0.2, 0.25) is 0 Å². The molecule has 0 spiro atoms. The van der Waals surface area contributed by atoms with Gasteiger partial charge < -0.3 is 15.0 Å². The van der Waals surface area contributed by atoms with Crippen molar-refractivity contribution >= 4 is 27.5 Å². The number of ether oxygens (including phenoxy) is 1. The van der Waals surface area contributed by atoms with E-state index in [1.54, 1.807) is 36.4 Å². The van der Waals surface area contributed by atoms with Crippen molar-refractivity contribution in [3.05, 3.63) is 90.2 Å². The third kappa shape index (κ3) is 6.01. The Balaban J connectivity index is 2.03. The highest BCUT2D eigenvalue weighted by Gasteiger charge is 2.32. The molecule has 10 heteroatoms. The average Bonchev–Trinajstić information content (AvgIpc) is 2.90. The number of likely N-dealkylation sites (N-methyl/N-ethyl adjacent to an activating group) is 1. The number of methoxy groups -OCH3 is 1. The summed E-state index contributed by atoms with van der Waals surface area (Å²) in [5.41, 5.74) is 0.426. The summed E-state index contributed by atoms with van der Waals surface area (Å²) in [5, 5.41) is 2.48. The second kappa shape index (κ2) is 11.7. The van der Waals surface area contributed by atoms with Crippen molar-refractivity contribution in [1.29, 1.82) is 0 Å². The Hall–Kier alpha value is -3.92. The molecule has 0 radical (unpaired) electrons. The number of benzene rings is 3. The molecule has 0 saturated carbocycles. The van der Waals surface area contributed by atoms with Crippen molar-refractivity contribution in [3.8, 4) is 5.75 Å². The number of hydrogen-bond acceptors (Lipinski definition) is 5. The van der Waals surface area contributed by atoms with E-state index in [-0.39, 0.29) is 22.7 Å². The lowest BCUT2D eigenvalue weighted by molar-refractivity contribution is -0.139. The highest BCUT2D eigenvalue weighted by Crippen LogP contribution is 2.26. The van der Waals surface area contributed by atoms with E-state index in [1.807, 2.05) is 0 Å². The van der Waals surface area contributed by atoms with Crippen LogP contribution >= 0.6 is 0 Å². The van der Waals surface area contributed by atoms with E-state index in [4.69, 9.17) is 4.74 Å². The molecule has 0 heterocycles. The third-order valence-electron chi connectivity index (χ3n) is 5.68. The van der Waals surface area contributed by atoms with Crippen molar-refractivity contribution in [2.45, 2.75) is 24.4 Å². The Morgan fingerprint density at radius 1 is 0.972 bits per heavy atom. The Kier molecular flexibility index (Phi) is 8.65. The number of anilines is 1. The van der Waals surface area contributed by atoms with Crippen LogP contribution in [0.25, 0.3) is 0 Å². The fourth-order valence-electron chi connectivity index (χ4n) is 3.60. The summed E-state index contributed by atoms with van der Waals surface area (Å²) in [6, 6.07) is 18.8. The van der Waals surface area contributed by atoms with E-state index in [9.17, 15) is 22.4 Å². The summed E-state index contributed by atoms with van der Waals surface area (Å²) < 4.78 is 47.7. The minimum absolute atomic E-state index is 0.00591. The Labute approximate surface area is 210 Å². The molecular weight excluding hydrogens is 485 g/mol. The molecule has 1 atom stereocenters. The molecule has 0 fully saturated rings. The second-order valence-electron chi connectivity index (χ2n) is 7.93. The van der Waals surface area contributed by atoms with Gasteiger partial charge in [-0.3, -0.25) is 13.9 Å². The predicted octanol–water partition coefficient (Wildman–Crippen LogP) is 3.19. The summed E-state index contributed by atoms with van der Waals surface area (Å²) in [5.74, 6) is -1.17. The van der Waals surface area contributed by atoms with Crippen LogP contribution in [0.5, 0.6) is 5.75 Å². The maximum Gasteiger partial charge on any atom is 0.264 e. The van der Waals surface area contributed by atoms with Gasteiger partial charge in [-0.15, -0.1) is 0 Å². The molecule has 0 saturated heterocycles. The lowest BCUT2D eigenvalue weighted by atomic mass is 10.1. The topological polar surface area (TPSA) is 96.0 Å². The molecule has 3 aromatic carbocycles. The SMILES string of the molecule is CNC(=O)[C@@H](C)N(Cc1ccccc1F)C(=O)CN(c1ccc(OC)cc1)S(=O)(=O)c1ccccc1. The largest absolute Gasteiger partial charge is 0.497 e. The summed E-state index contributed by atoms with van der Waals surface area (Å²) in [4.78, 5) is 27.2. The van der Waals surface area contributed by atoms with Gasteiger partial charge in [0.2, 0.25) is 11.8 Å². The highest BCUT2D eigenvalue weighted by atomic mass is 32.2. The Morgan fingerprint density at radius 2 is 1.58 bits per heavy atom. The summed E-state index contributed by atoms with van der Waals surface area (Å²) >= 11 is 0. The van der Waals surface area contributed by atoms with Crippen LogP contribution < -0.4 is 14.4 Å². The van der Waals surface area contributed by atoms with Gasteiger partial charge in [0, 0.05) is 19.2 Å². The van der Waals surface area contributed by atoms with Crippen molar-refractivity contribution in [2.75, 3.05) is 25.0 Å². The molecule has 8 nitrogen and oxygen atoms in total. The molecule has 0 aliphatic heterocycles. The van der Waals surface area contributed by atoms with Crippen LogP contribution in [-0.2, 0) is 26.2 Å². The van der Waals surface area contributed by atoms with Crippen LogP contribution in [0.3, 0.4) is 0 Å². The van der Waals surface area contributed by atoms with E-state index in [0.29, 0.717) is 5.75 Å². The fraction of sp³-hybridized carbons (Fsp3) is 0.231. The lowest BCUT2D eigenvalue weighted by Gasteiger charge is -2.31. The number of amides is 2. The number of nitrogens with one attached hydrogen (secondary N) is 1. The molecule has 0 bridgehead atoms. The van der Waals surface area contributed by atoms with Gasteiger partial charge in [-0.1, -0.05) is 36.4 Å². The van der Waals surface area contributed by atoms with E-state index in [1.165, 1.54) is 63.5 Å². The van der Waals surface area contributed by atoms with Gasteiger partial charge >= 0.3 is 0 Å². The molecule has 1 N–H and O–H groups in total. The minimum atomic E-state index is -4.16. The summed E-state index contributed by atoms with van der Waals surface area (Å²) in [7, 11) is -1.26. The van der Waals surface area contributed by atoms with Gasteiger partial charge in [0.15, 0.2) is 0 Å². The maximum absolute atomic E-state index is 14.4. The molecule has 0 aliphatic rings. The predicted molar refractivity (Wildman–Crippen MR) is 134 cm³/mol. The summed E-state index contributed by atoms with van der Waals surface area (Å²) in [6.45, 7) is 0.669. The van der Waals surface area contributed by atoms with Gasteiger partial charge in [0.25, 0.3) is 10.0 Å². The van der Waals surface area contributed by atoms with Crippen LogP contribution in [-0.4, -0.2) is 51.9 Å². The standard InChI is InChI=1S/C26H28FN3O5S/c1-19(26(32)28-2)29(17-20-9-7-8-12-24(20)27)25(31)18-30(21-13-15-22(35-3)16-14-21)36(33,34)23-10-5-4-6-11-23/h4-16,19H,17-18H2,1-3H3,(H,28,32)/t19-/m1/s1. The number of carbonyl (C=O) groups is 2. The normalized spacial score (nSPS) is 11.9. The van der Waals surface area contributed by atoms with Gasteiger partial charge in [0.05, 0.1) is 17.7 Å². The molecule has 2 amide bonds. The van der Waals surface area contributed by atoms with Crippen molar-refractivity contribution in [3.63, 3.8) is 0 Å². The first kappa shape index (κ1) is 26.7. The van der Waals surface area contributed by atoms with E-state index >= 15 is 0 Å². The molecule has 0 unspecified atom stereocenters. The molecular formula is C26H28FN3O5S. The maximum atomic E-state index is 14.4. The average molecular weight is 514 g/mol. The number of sulfonamides is 1. The monoisotopic (exact) mass is 513 g/mol. The smallest absolute Gasteiger partial charge is 0.264 e. The molecule has 0 aliphatic carbocycles. The number of nitrogens with zero attached hydrogens (tertiary/aromatic N) is 2. The zero-order chi connectivity index (χ0) is 26.3. The molecule has 190 valence electrons. The summed E-state index contributed by atoms with van der Waals surface area (Å²) in [6.07, 6.45) is 0. The molecule has 36 heavy (non-hydrogen) atoms. The minimum Gasteiger partial charge on any atom is -0.497 e. The number of carbonyl (C=O) groups excluding carboxylic acids is 2. The molecule has 3 aromatic rings. The zero-order valence-corrected chi connectivity index (χ0v) is 21.0. The number of hydrogen-bond donors (Lipinski definition) is 1. The van der Waals surface area contributed by atoms with E-state index in [2.05, 4.69) is 5.32 Å². The van der Waals surface area contributed by atoms with Crippen LogP contribution in [0.1, 0.15) is 12.5 Å². The quantitative estimate of drug-likeness (QED) is 0.449. The van der Waals surface area contributed by atoms with Crippen LogP contribution in [0.15, 0.2) is 83.8 Å². The van der Waals surface area contributed by atoms with E-state index < -0.39 is 40.2 Å². The second-order valence-corrected chi connectivity index (χ2v) is 9.79. The Morgan fingerprint density at radius 3 is 2.17 bits per heavy atom. The number of rotatable bonds is 10. The fourth-order valence-corrected chi connectivity index (χ4v) is 5.03. The van der Waals surface area contributed by atoms with Crippen LogP contribution in [0, 0.1) is 5.82 Å². The first-order valence-electron chi connectivity index (χ1n) is 11.2. The van der Waals surface area contributed by atoms with Gasteiger partial charge in [-0.2, -0.15) is 0 Å². The van der Waals surface area contributed by atoms with Crippen LogP contribution in [0.4, 0.5) is 10.1 Å². The number of halogens is 1. The van der Waals surface area contributed by atoms with E-state index in [0.717, 1.165) is 9.21 Å². The third-order valence-corrected chi connectivity index (χ3v) is 7.47. The van der Waals surface area contributed by atoms with Crippen molar-refractivity contribution in [2.24, 2.45) is 0 Å². The van der Waals surface area contributed by atoms with Crippen molar-refractivity contribution in [1.82, 2.24) is 10.2 Å². The van der Waals surface area contributed by atoms with Gasteiger partial charge in [-0.05, 0) is 49.4 Å².